The molecule has 6 heteroatoms. The van der Waals surface area contributed by atoms with Gasteiger partial charge < -0.3 is 10.6 Å². The second kappa shape index (κ2) is 4.97. The highest BCUT2D eigenvalue weighted by Gasteiger charge is 2.26. The Morgan fingerprint density at radius 3 is 3.11 bits per heavy atom. The van der Waals surface area contributed by atoms with E-state index in [1.165, 1.54) is 11.5 Å². The summed E-state index contributed by atoms with van der Waals surface area (Å²) >= 11 is 1.21. The largest absolute Gasteiger partial charge is 0.385 e. The molecular weight excluding hydrogens is 260 g/mol. The van der Waals surface area contributed by atoms with Gasteiger partial charge in [-0.3, -0.25) is 4.79 Å². The van der Waals surface area contributed by atoms with Crippen LogP contribution in [0.5, 0.6) is 0 Å². The van der Waals surface area contributed by atoms with Crippen molar-refractivity contribution < 1.29 is 4.79 Å². The molecule has 2 N–H and O–H groups in total. The molecule has 1 amide bonds. The lowest BCUT2D eigenvalue weighted by Crippen LogP contribution is -2.27. The highest BCUT2D eigenvalue weighted by molar-refractivity contribution is 7.09. The van der Waals surface area contributed by atoms with Gasteiger partial charge in [-0.05, 0) is 25.0 Å². The predicted molar refractivity (Wildman–Crippen MR) is 75.6 cm³/mol. The van der Waals surface area contributed by atoms with E-state index in [9.17, 15) is 4.79 Å². The van der Waals surface area contributed by atoms with E-state index in [2.05, 4.69) is 20.0 Å². The summed E-state index contributed by atoms with van der Waals surface area (Å²) < 4.78 is 4.06. The summed E-state index contributed by atoms with van der Waals surface area (Å²) in [6.45, 7) is 2.62. The Labute approximate surface area is 115 Å². The molecule has 1 atom stereocenters. The molecule has 0 aliphatic carbocycles. The van der Waals surface area contributed by atoms with Crippen molar-refractivity contribution in [2.45, 2.75) is 19.3 Å². The van der Waals surface area contributed by atoms with Crippen LogP contribution in [0.3, 0.4) is 0 Å². The number of amides is 1. The van der Waals surface area contributed by atoms with Crippen molar-refractivity contribution in [3.63, 3.8) is 0 Å². The standard InChI is InChI=1S/C13H14N4OS/c1-8-15-13(19-17-8)16-12(18)10-6-7-14-11-5-3-2-4-9(10)11/h2-5,10,14H,6-7H2,1H3,(H,15,16,17,18). The van der Waals surface area contributed by atoms with E-state index in [-0.39, 0.29) is 11.8 Å². The topological polar surface area (TPSA) is 66.9 Å². The number of aromatic nitrogens is 2. The smallest absolute Gasteiger partial charge is 0.233 e. The Balaban J connectivity index is 1.81. The van der Waals surface area contributed by atoms with Crippen LogP contribution < -0.4 is 10.6 Å². The molecule has 0 saturated heterocycles. The third-order valence-electron chi connectivity index (χ3n) is 3.16. The summed E-state index contributed by atoms with van der Waals surface area (Å²) in [5.74, 6) is 0.553. The van der Waals surface area contributed by atoms with Gasteiger partial charge in [-0.15, -0.1) is 0 Å². The molecule has 0 spiro atoms. The second-order valence-corrected chi connectivity index (χ2v) is 5.24. The lowest BCUT2D eigenvalue weighted by atomic mass is 9.90. The third kappa shape index (κ3) is 2.44. The number of fused-ring (bicyclic) bond motifs is 1. The Hall–Kier alpha value is -1.95. The van der Waals surface area contributed by atoms with Gasteiger partial charge in [0.2, 0.25) is 11.0 Å². The zero-order valence-electron chi connectivity index (χ0n) is 10.5. The van der Waals surface area contributed by atoms with Crippen LogP contribution in [0, 0.1) is 6.92 Å². The lowest BCUT2D eigenvalue weighted by Gasteiger charge is -2.25. The van der Waals surface area contributed by atoms with Gasteiger partial charge in [0, 0.05) is 23.8 Å². The first kappa shape index (κ1) is 12.1. The van der Waals surface area contributed by atoms with E-state index in [1.54, 1.807) is 0 Å². The average Bonchev–Trinajstić information content (AvgIpc) is 2.83. The fourth-order valence-corrected chi connectivity index (χ4v) is 2.86. The number of aryl methyl sites for hydroxylation is 1. The maximum atomic E-state index is 12.3. The predicted octanol–water partition coefficient (Wildman–Crippen LogP) is 2.38. The van der Waals surface area contributed by atoms with Gasteiger partial charge >= 0.3 is 0 Å². The Morgan fingerprint density at radius 1 is 1.47 bits per heavy atom. The van der Waals surface area contributed by atoms with Gasteiger partial charge in [-0.2, -0.15) is 4.37 Å². The normalized spacial score (nSPS) is 17.4. The second-order valence-electron chi connectivity index (χ2n) is 4.49. The minimum absolute atomic E-state index is 0.00917. The zero-order chi connectivity index (χ0) is 13.2. The van der Waals surface area contributed by atoms with Gasteiger partial charge in [0.15, 0.2) is 0 Å². The van der Waals surface area contributed by atoms with Crippen molar-refractivity contribution in [2.24, 2.45) is 0 Å². The molecule has 0 bridgehead atoms. The number of hydrogen-bond acceptors (Lipinski definition) is 5. The molecule has 1 aliphatic heterocycles. The quantitative estimate of drug-likeness (QED) is 0.882. The van der Waals surface area contributed by atoms with Gasteiger partial charge in [0.05, 0.1) is 5.92 Å². The van der Waals surface area contributed by atoms with Crippen molar-refractivity contribution >= 4 is 28.3 Å². The Bertz CT molecular complexity index is 610. The molecule has 1 unspecified atom stereocenters. The van der Waals surface area contributed by atoms with Crippen molar-refractivity contribution in [1.82, 2.24) is 9.36 Å². The summed E-state index contributed by atoms with van der Waals surface area (Å²) in [5.41, 5.74) is 2.09. The molecule has 5 nitrogen and oxygen atoms in total. The highest BCUT2D eigenvalue weighted by atomic mass is 32.1. The molecule has 98 valence electrons. The monoisotopic (exact) mass is 274 g/mol. The van der Waals surface area contributed by atoms with Gasteiger partial charge in [-0.1, -0.05) is 18.2 Å². The van der Waals surface area contributed by atoms with Crippen molar-refractivity contribution in [2.75, 3.05) is 17.2 Å². The van der Waals surface area contributed by atoms with Crippen LogP contribution in [-0.2, 0) is 4.79 Å². The minimum Gasteiger partial charge on any atom is -0.385 e. The number of benzene rings is 1. The molecule has 1 aromatic carbocycles. The van der Waals surface area contributed by atoms with Crippen molar-refractivity contribution in [3.8, 4) is 0 Å². The molecule has 2 heterocycles. The number of rotatable bonds is 2. The molecular formula is C13H14N4OS. The molecule has 1 aromatic heterocycles. The SMILES string of the molecule is Cc1nsc(NC(=O)C2CCNc3ccccc32)n1. The average molecular weight is 274 g/mol. The number of anilines is 2. The maximum Gasteiger partial charge on any atom is 0.233 e. The summed E-state index contributed by atoms with van der Waals surface area (Å²) in [6.07, 6.45) is 0.792. The number of carbonyl (C=O) groups is 1. The first-order valence-corrected chi connectivity index (χ1v) is 6.95. The van der Waals surface area contributed by atoms with Gasteiger partial charge in [0.1, 0.15) is 5.82 Å². The van der Waals surface area contributed by atoms with E-state index in [1.807, 2.05) is 31.2 Å². The molecule has 1 aliphatic rings. The summed E-state index contributed by atoms with van der Waals surface area (Å²) in [7, 11) is 0. The van der Waals surface area contributed by atoms with E-state index in [0.29, 0.717) is 11.0 Å². The summed E-state index contributed by atoms with van der Waals surface area (Å²) in [5, 5.41) is 6.73. The molecule has 2 aromatic rings. The fourth-order valence-electron chi connectivity index (χ4n) is 2.28. The van der Waals surface area contributed by atoms with E-state index in [0.717, 1.165) is 24.2 Å². The van der Waals surface area contributed by atoms with Crippen molar-refractivity contribution in [3.05, 3.63) is 35.7 Å². The van der Waals surface area contributed by atoms with E-state index >= 15 is 0 Å². The van der Waals surface area contributed by atoms with Crippen LogP contribution in [0.1, 0.15) is 23.7 Å². The molecule has 19 heavy (non-hydrogen) atoms. The Kier molecular flexibility index (Phi) is 3.16. The number of para-hydroxylation sites is 1. The van der Waals surface area contributed by atoms with Crippen LogP contribution in [0.4, 0.5) is 10.8 Å². The number of nitrogens with one attached hydrogen (secondary N) is 2. The van der Waals surface area contributed by atoms with Crippen LogP contribution in [-0.4, -0.2) is 21.8 Å². The molecule has 3 rings (SSSR count). The summed E-state index contributed by atoms with van der Waals surface area (Å²) in [4.78, 5) is 16.5. The number of carbonyl (C=O) groups excluding carboxylic acids is 1. The maximum absolute atomic E-state index is 12.3. The van der Waals surface area contributed by atoms with E-state index < -0.39 is 0 Å². The van der Waals surface area contributed by atoms with Crippen LogP contribution in [0.15, 0.2) is 24.3 Å². The van der Waals surface area contributed by atoms with Gasteiger partial charge in [-0.25, -0.2) is 4.98 Å². The molecule has 0 fully saturated rings. The molecule has 0 radical (unpaired) electrons. The fraction of sp³-hybridized carbons (Fsp3) is 0.308. The first-order chi connectivity index (χ1) is 9.24. The minimum atomic E-state index is -0.123. The first-order valence-electron chi connectivity index (χ1n) is 6.18. The summed E-state index contributed by atoms with van der Waals surface area (Å²) in [6, 6.07) is 7.93. The zero-order valence-corrected chi connectivity index (χ0v) is 11.3. The number of hydrogen-bond donors (Lipinski definition) is 2. The van der Waals surface area contributed by atoms with Crippen LogP contribution in [0.25, 0.3) is 0 Å². The van der Waals surface area contributed by atoms with E-state index in [4.69, 9.17) is 0 Å². The Morgan fingerprint density at radius 2 is 2.32 bits per heavy atom. The van der Waals surface area contributed by atoms with Gasteiger partial charge in [0.25, 0.3) is 0 Å². The van der Waals surface area contributed by atoms with Crippen LogP contribution in [0.2, 0.25) is 0 Å². The lowest BCUT2D eigenvalue weighted by molar-refractivity contribution is -0.117. The molecule has 0 saturated carbocycles. The van der Waals surface area contributed by atoms with Crippen molar-refractivity contribution in [1.29, 1.82) is 0 Å². The van der Waals surface area contributed by atoms with Crippen LogP contribution >= 0.6 is 11.5 Å². The third-order valence-corrected chi connectivity index (χ3v) is 3.88. The highest BCUT2D eigenvalue weighted by Crippen LogP contribution is 2.32. The number of nitrogens with zero attached hydrogens (tertiary/aromatic N) is 2.